The number of rotatable bonds is 4. The molecule has 2 atom stereocenters. The van der Waals surface area contributed by atoms with Gasteiger partial charge in [-0.2, -0.15) is 0 Å². The van der Waals surface area contributed by atoms with E-state index in [0.717, 1.165) is 12.8 Å². The minimum atomic E-state index is -1.06. The number of hydrogen-bond donors (Lipinski definition) is 0. The lowest BCUT2D eigenvalue weighted by Crippen LogP contribution is -2.45. The van der Waals surface area contributed by atoms with Crippen LogP contribution in [0.1, 0.15) is 43.0 Å². The van der Waals surface area contributed by atoms with Crippen LogP contribution in [-0.4, -0.2) is 47.1 Å². The number of carbonyl (C=O) groups is 3. The molecule has 0 aliphatic heterocycles. The van der Waals surface area contributed by atoms with E-state index in [4.69, 9.17) is 9.47 Å². The molecule has 0 spiro atoms. The predicted molar refractivity (Wildman–Crippen MR) is 80.6 cm³/mol. The highest BCUT2D eigenvalue weighted by atomic mass is 16.7. The number of amides is 1. The summed E-state index contributed by atoms with van der Waals surface area (Å²) >= 11 is 0. The molecule has 0 radical (unpaired) electrons. The van der Waals surface area contributed by atoms with Crippen LogP contribution in [0, 0.1) is 0 Å². The number of pyridine rings is 1. The molecule has 124 valence electrons. The molecule has 1 aromatic rings. The zero-order valence-corrected chi connectivity index (χ0v) is 13.2. The topological polar surface area (TPSA) is 85.8 Å². The van der Waals surface area contributed by atoms with Crippen LogP contribution in [0.25, 0.3) is 0 Å². The van der Waals surface area contributed by atoms with E-state index in [1.165, 1.54) is 31.3 Å². The molecule has 0 aromatic carbocycles. The minimum absolute atomic E-state index is 0.0377. The Kier molecular flexibility index (Phi) is 5.67. The predicted octanol–water partition coefficient (Wildman–Crippen LogP) is 2.16. The maximum absolute atomic E-state index is 12.1. The van der Waals surface area contributed by atoms with Gasteiger partial charge in [0.1, 0.15) is 0 Å². The molecule has 1 fully saturated rings. The van der Waals surface area contributed by atoms with Crippen molar-refractivity contribution < 1.29 is 23.9 Å². The van der Waals surface area contributed by atoms with Crippen molar-refractivity contribution in [1.29, 1.82) is 0 Å². The van der Waals surface area contributed by atoms with Gasteiger partial charge in [0, 0.05) is 32.8 Å². The zero-order valence-electron chi connectivity index (χ0n) is 13.2. The number of ketones is 1. The van der Waals surface area contributed by atoms with Gasteiger partial charge in [-0.1, -0.05) is 6.42 Å². The van der Waals surface area contributed by atoms with Crippen LogP contribution >= 0.6 is 0 Å². The van der Waals surface area contributed by atoms with Crippen LogP contribution in [-0.2, 0) is 14.3 Å². The van der Waals surface area contributed by atoms with Crippen LogP contribution in [0.15, 0.2) is 24.5 Å². The fraction of sp³-hybridized carbons (Fsp3) is 0.500. The summed E-state index contributed by atoms with van der Waals surface area (Å²) in [5, 5.41) is 0. The van der Waals surface area contributed by atoms with E-state index in [2.05, 4.69) is 4.98 Å². The Morgan fingerprint density at radius 1 is 1.35 bits per heavy atom. The summed E-state index contributed by atoms with van der Waals surface area (Å²) in [5.74, 6) is -0.592. The maximum atomic E-state index is 12.1. The van der Waals surface area contributed by atoms with Gasteiger partial charge < -0.3 is 14.4 Å². The fourth-order valence-electron chi connectivity index (χ4n) is 2.45. The van der Waals surface area contributed by atoms with Gasteiger partial charge in [0.15, 0.2) is 5.78 Å². The smallest absolute Gasteiger partial charge is 0.413 e. The third-order valence-electron chi connectivity index (χ3n) is 3.71. The lowest BCUT2D eigenvalue weighted by Gasteiger charge is -2.30. The van der Waals surface area contributed by atoms with Gasteiger partial charge in [-0.3, -0.25) is 9.78 Å². The number of nitrogens with zero attached hydrogens (tertiary/aromatic N) is 2. The lowest BCUT2D eigenvalue weighted by atomic mass is 9.93. The van der Waals surface area contributed by atoms with Gasteiger partial charge in [0.2, 0.25) is 6.29 Å². The van der Waals surface area contributed by atoms with Gasteiger partial charge in [0.05, 0.1) is 11.6 Å². The number of likely N-dealkylation sites (N-methyl/N-ethyl adjacent to an activating group) is 1. The lowest BCUT2D eigenvalue weighted by molar-refractivity contribution is -0.126. The number of hydrogen-bond acceptors (Lipinski definition) is 6. The Morgan fingerprint density at radius 2 is 2.13 bits per heavy atom. The van der Waals surface area contributed by atoms with E-state index in [1.807, 2.05) is 0 Å². The first-order valence-electron chi connectivity index (χ1n) is 7.56. The molecule has 1 amide bonds. The monoisotopic (exact) mass is 320 g/mol. The fourth-order valence-corrected chi connectivity index (χ4v) is 2.45. The number of esters is 1. The third-order valence-corrected chi connectivity index (χ3v) is 3.71. The normalized spacial score (nSPS) is 18.9. The van der Waals surface area contributed by atoms with Crippen molar-refractivity contribution in [3.8, 4) is 0 Å². The highest BCUT2D eigenvalue weighted by Gasteiger charge is 2.30. The summed E-state index contributed by atoms with van der Waals surface area (Å²) in [5.41, 5.74) is 0.270. The van der Waals surface area contributed by atoms with Crippen molar-refractivity contribution in [3.05, 3.63) is 30.1 Å². The average Bonchev–Trinajstić information content (AvgIpc) is 2.55. The zero-order chi connectivity index (χ0) is 16.8. The van der Waals surface area contributed by atoms with E-state index >= 15 is 0 Å². The summed E-state index contributed by atoms with van der Waals surface area (Å²) in [6.45, 7) is 1.45. The molecule has 1 heterocycles. The van der Waals surface area contributed by atoms with Gasteiger partial charge >= 0.3 is 12.1 Å². The molecule has 0 bridgehead atoms. The molecule has 1 saturated carbocycles. The van der Waals surface area contributed by atoms with Crippen LogP contribution in [0.4, 0.5) is 4.79 Å². The van der Waals surface area contributed by atoms with Crippen LogP contribution in [0.3, 0.4) is 0 Å². The molecule has 7 heteroatoms. The largest absolute Gasteiger partial charge is 0.422 e. The van der Waals surface area contributed by atoms with Crippen molar-refractivity contribution in [3.63, 3.8) is 0 Å². The third kappa shape index (κ3) is 4.51. The van der Waals surface area contributed by atoms with E-state index in [-0.39, 0.29) is 11.3 Å². The molecule has 0 N–H and O–H groups in total. The molecule has 1 aliphatic rings. The highest BCUT2D eigenvalue weighted by molar-refractivity contribution is 5.89. The number of Topliss-reactive ketones (excluding diaryl/α,β-unsaturated/α-hetero) is 1. The van der Waals surface area contributed by atoms with Crippen LogP contribution < -0.4 is 0 Å². The first-order valence-corrected chi connectivity index (χ1v) is 7.56. The Labute approximate surface area is 134 Å². The summed E-state index contributed by atoms with van der Waals surface area (Å²) in [7, 11) is 1.52. The molecule has 1 aromatic heterocycles. The molecular formula is C16H20N2O5. The van der Waals surface area contributed by atoms with Crippen molar-refractivity contribution in [2.45, 2.75) is 44.9 Å². The molecule has 0 saturated heterocycles. The summed E-state index contributed by atoms with van der Waals surface area (Å²) in [6, 6.07) is 2.70. The Bertz CT molecular complexity index is 575. The highest BCUT2D eigenvalue weighted by Crippen LogP contribution is 2.19. The van der Waals surface area contributed by atoms with Gasteiger partial charge in [-0.15, -0.1) is 0 Å². The first-order chi connectivity index (χ1) is 11.0. The molecule has 7 nitrogen and oxygen atoms in total. The molecular weight excluding hydrogens is 300 g/mol. The van der Waals surface area contributed by atoms with Gasteiger partial charge in [-0.25, -0.2) is 9.59 Å². The van der Waals surface area contributed by atoms with E-state index in [9.17, 15) is 14.4 Å². The number of ether oxygens (including phenoxy) is 2. The molecule has 2 rings (SSSR count). The van der Waals surface area contributed by atoms with E-state index in [0.29, 0.717) is 12.8 Å². The summed E-state index contributed by atoms with van der Waals surface area (Å²) in [6.07, 6.45) is 4.03. The Hall–Kier alpha value is -2.44. The van der Waals surface area contributed by atoms with E-state index in [1.54, 1.807) is 12.1 Å². The summed E-state index contributed by atoms with van der Waals surface area (Å²) in [4.78, 5) is 40.8. The van der Waals surface area contributed by atoms with Gasteiger partial charge in [-0.05, 0) is 25.0 Å². The number of aromatic nitrogens is 1. The molecule has 2 unspecified atom stereocenters. The Balaban J connectivity index is 1.86. The van der Waals surface area contributed by atoms with Crippen LogP contribution in [0.5, 0.6) is 0 Å². The second-order valence-corrected chi connectivity index (χ2v) is 5.44. The Morgan fingerprint density at radius 3 is 2.78 bits per heavy atom. The second-order valence-electron chi connectivity index (χ2n) is 5.44. The first kappa shape index (κ1) is 16.9. The van der Waals surface area contributed by atoms with E-state index < -0.39 is 24.4 Å². The standard InChI is InChI=1S/C16H20N2O5/c1-11(22-15(20)12-6-5-9-17-10-12)23-16(21)18(2)13-7-3-4-8-14(13)19/h5-6,9-11,13H,3-4,7-8H2,1-2H3. The maximum Gasteiger partial charge on any atom is 0.413 e. The van der Waals surface area contributed by atoms with Gasteiger partial charge in [0.25, 0.3) is 0 Å². The SMILES string of the molecule is CC(OC(=O)c1cccnc1)OC(=O)N(C)C1CCCCC1=O. The van der Waals surface area contributed by atoms with Crippen LogP contribution in [0.2, 0.25) is 0 Å². The van der Waals surface area contributed by atoms with Crippen molar-refractivity contribution >= 4 is 17.8 Å². The summed E-state index contributed by atoms with van der Waals surface area (Å²) < 4.78 is 10.1. The minimum Gasteiger partial charge on any atom is -0.422 e. The average molecular weight is 320 g/mol. The quantitative estimate of drug-likeness (QED) is 0.624. The van der Waals surface area contributed by atoms with Crippen molar-refractivity contribution in [2.75, 3.05) is 7.05 Å². The second kappa shape index (κ2) is 7.71. The van der Waals surface area contributed by atoms with Crippen molar-refractivity contribution in [2.24, 2.45) is 0 Å². The van der Waals surface area contributed by atoms with Crippen molar-refractivity contribution in [1.82, 2.24) is 9.88 Å². The number of carbonyl (C=O) groups excluding carboxylic acids is 3. The molecule has 1 aliphatic carbocycles. The molecule has 23 heavy (non-hydrogen) atoms.